The second-order valence-corrected chi connectivity index (χ2v) is 16.5. The Morgan fingerprint density at radius 1 is 0.857 bits per heavy atom. The molecule has 0 aliphatic rings. The number of azo groups is 1. The first-order chi connectivity index (χ1) is 26.3. The predicted octanol–water partition coefficient (Wildman–Crippen LogP) is 5.51. The third-order valence-corrected chi connectivity index (χ3v) is 10.8. The SMILES string of the molecule is CC(=O)Nc1ccc2c(O)c(N=Nc3cc(Nc4nc(Cl)nc(Nc5ccc(S(=O)(=O)CCOS(=O)(=O)O)cc5)n4)ccc3S(=O)(=O)O)c(SOOO)cc2c1. The number of nitrogens with one attached hydrogen (secondary N) is 3. The van der Waals surface area contributed by atoms with Crippen LogP contribution < -0.4 is 16.0 Å². The van der Waals surface area contributed by atoms with Crippen molar-refractivity contribution in [2.75, 3.05) is 28.3 Å². The molecule has 0 radical (unpaired) electrons. The number of fused-ring (bicyclic) bond motifs is 1. The second kappa shape index (κ2) is 17.3. The molecule has 0 aliphatic heterocycles. The number of hydrogen-bond donors (Lipinski definition) is 7. The first-order valence-electron chi connectivity index (χ1n) is 15.0. The van der Waals surface area contributed by atoms with E-state index < -0.39 is 59.0 Å². The van der Waals surface area contributed by atoms with Crippen molar-refractivity contribution in [1.82, 2.24) is 15.0 Å². The zero-order chi connectivity index (χ0) is 40.8. The molecule has 4 aromatic carbocycles. The van der Waals surface area contributed by atoms with Crippen LogP contribution in [0.3, 0.4) is 0 Å². The van der Waals surface area contributed by atoms with Crippen LogP contribution in [-0.2, 0) is 48.7 Å². The molecule has 27 heteroatoms. The Bertz CT molecular complexity index is 2670. The molecule has 5 rings (SSSR count). The summed E-state index contributed by atoms with van der Waals surface area (Å²) in [6.45, 7) is 0.500. The number of phenols is 1. The summed E-state index contributed by atoms with van der Waals surface area (Å²) >= 11 is 6.50. The van der Waals surface area contributed by atoms with Crippen molar-refractivity contribution >= 4 is 111 Å². The highest BCUT2D eigenvalue weighted by atomic mass is 35.5. The van der Waals surface area contributed by atoms with E-state index in [2.05, 4.69) is 54.7 Å². The molecule has 0 unspecified atom stereocenters. The Labute approximate surface area is 325 Å². The first-order valence-corrected chi connectivity index (χ1v) is 20.5. The van der Waals surface area contributed by atoms with Gasteiger partial charge in [0.15, 0.2) is 15.6 Å². The van der Waals surface area contributed by atoms with Crippen molar-refractivity contribution in [2.45, 2.75) is 21.6 Å². The van der Waals surface area contributed by atoms with Crippen molar-refractivity contribution < 1.29 is 63.1 Å². The number of carbonyl (C=O) groups excluding carboxylic acids is 1. The highest BCUT2D eigenvalue weighted by molar-refractivity contribution is 7.94. The molecule has 5 aromatic rings. The van der Waals surface area contributed by atoms with Crippen molar-refractivity contribution in [1.29, 1.82) is 0 Å². The number of aromatic nitrogens is 3. The minimum Gasteiger partial charge on any atom is -0.505 e. The Morgan fingerprint density at radius 3 is 2.12 bits per heavy atom. The molecular formula is C29H25ClN8O14S4. The number of sulfone groups is 1. The van der Waals surface area contributed by atoms with Gasteiger partial charge in [0.2, 0.25) is 23.1 Å². The molecule has 296 valence electrons. The van der Waals surface area contributed by atoms with Gasteiger partial charge in [-0.2, -0.15) is 31.8 Å². The van der Waals surface area contributed by atoms with Crippen LogP contribution in [0.15, 0.2) is 91.6 Å². The van der Waals surface area contributed by atoms with Gasteiger partial charge in [0.25, 0.3) is 10.1 Å². The number of halogens is 1. The number of aromatic hydroxyl groups is 1. The molecule has 0 bridgehead atoms. The minimum absolute atomic E-state index is 0.0110. The maximum atomic E-state index is 12.5. The Hall–Kier alpha value is -5.13. The van der Waals surface area contributed by atoms with Crippen molar-refractivity contribution in [3.8, 4) is 5.75 Å². The number of nitrogens with zero attached hydrogens (tertiary/aromatic N) is 5. The predicted molar refractivity (Wildman–Crippen MR) is 198 cm³/mol. The third kappa shape index (κ3) is 11.2. The standard InChI is InChI=1S/C29H25ClN8O14S4/c1-15(39)31-18-4-8-21-16(12-18)13-23(53-52-51-41)25(26(21)40)38-37-22-14-19(5-9-24(22)55(44,45)46)33-29-35-27(30)34-28(36-29)32-17-2-6-20(7-3-17)54(42,43)11-10-50-56(47,48)49/h2-9,12-14,40-41H,10-11H2,1H3,(H,31,39)(H,44,45,46)(H,47,48,49)(H2,32,33,34,35,36). The van der Waals surface area contributed by atoms with E-state index in [0.29, 0.717) is 23.1 Å². The maximum Gasteiger partial charge on any atom is 0.397 e. The zero-order valence-corrected chi connectivity index (χ0v) is 31.9. The lowest BCUT2D eigenvalue weighted by atomic mass is 10.1. The monoisotopic (exact) mass is 872 g/mol. The van der Waals surface area contributed by atoms with Gasteiger partial charge in [0, 0.05) is 29.4 Å². The number of amides is 1. The molecule has 0 saturated carbocycles. The molecule has 1 heterocycles. The normalized spacial score (nSPS) is 12.2. The van der Waals surface area contributed by atoms with Gasteiger partial charge in [-0.25, -0.2) is 17.9 Å². The quantitative estimate of drug-likeness (QED) is 0.0211. The molecule has 56 heavy (non-hydrogen) atoms. The van der Waals surface area contributed by atoms with E-state index in [1.54, 1.807) is 0 Å². The van der Waals surface area contributed by atoms with E-state index in [-0.39, 0.29) is 55.3 Å². The smallest absolute Gasteiger partial charge is 0.397 e. The third-order valence-electron chi connectivity index (χ3n) is 6.94. The summed E-state index contributed by atoms with van der Waals surface area (Å²) in [5.74, 6) is -1.86. The molecule has 1 aromatic heterocycles. The van der Waals surface area contributed by atoms with E-state index in [0.717, 1.165) is 12.1 Å². The van der Waals surface area contributed by atoms with Crippen LogP contribution in [0.2, 0.25) is 5.28 Å². The molecule has 0 aliphatic carbocycles. The highest BCUT2D eigenvalue weighted by Gasteiger charge is 2.20. The molecule has 7 N–H and O–H groups in total. The van der Waals surface area contributed by atoms with E-state index in [4.69, 9.17) is 21.4 Å². The van der Waals surface area contributed by atoms with Gasteiger partial charge in [-0.1, -0.05) is 5.04 Å². The first kappa shape index (κ1) is 42.0. The van der Waals surface area contributed by atoms with Crippen LogP contribution in [0.1, 0.15) is 6.92 Å². The van der Waals surface area contributed by atoms with Crippen LogP contribution >= 0.6 is 23.6 Å². The fraction of sp³-hybridized carbons (Fsp3) is 0.103. The van der Waals surface area contributed by atoms with E-state index in [1.807, 2.05) is 0 Å². The van der Waals surface area contributed by atoms with E-state index in [1.165, 1.54) is 61.5 Å². The van der Waals surface area contributed by atoms with Crippen LogP contribution in [0.5, 0.6) is 5.75 Å². The Morgan fingerprint density at radius 2 is 1.50 bits per heavy atom. The van der Waals surface area contributed by atoms with Gasteiger partial charge in [-0.3, -0.25) is 13.9 Å². The Balaban J connectivity index is 1.42. The largest absolute Gasteiger partial charge is 0.505 e. The molecule has 0 atom stereocenters. The minimum atomic E-state index is -4.89. The Kier molecular flexibility index (Phi) is 13.0. The summed E-state index contributed by atoms with van der Waals surface area (Å²) in [5, 5.41) is 40.0. The summed E-state index contributed by atoms with van der Waals surface area (Å²) in [6.07, 6.45) is 0. The summed E-state index contributed by atoms with van der Waals surface area (Å²) in [5.41, 5.74) is 0.0545. The summed E-state index contributed by atoms with van der Waals surface area (Å²) in [6, 6.07) is 14.4. The van der Waals surface area contributed by atoms with Crippen LogP contribution in [0.4, 0.5) is 40.3 Å². The van der Waals surface area contributed by atoms with E-state index >= 15 is 0 Å². The van der Waals surface area contributed by atoms with Crippen LogP contribution in [-0.4, -0.2) is 77.9 Å². The van der Waals surface area contributed by atoms with Crippen molar-refractivity contribution in [3.05, 3.63) is 72.0 Å². The van der Waals surface area contributed by atoms with Crippen LogP contribution in [0, 0.1) is 0 Å². The molecule has 22 nitrogen and oxygen atoms in total. The molecule has 0 saturated heterocycles. The zero-order valence-electron chi connectivity index (χ0n) is 27.9. The highest BCUT2D eigenvalue weighted by Crippen LogP contribution is 2.45. The van der Waals surface area contributed by atoms with E-state index in [9.17, 15) is 39.7 Å². The van der Waals surface area contributed by atoms with Gasteiger partial charge < -0.3 is 21.1 Å². The molecular weight excluding hydrogens is 848 g/mol. The molecule has 0 fully saturated rings. The van der Waals surface area contributed by atoms with Crippen molar-refractivity contribution in [3.63, 3.8) is 0 Å². The van der Waals surface area contributed by atoms with Gasteiger partial charge in [0.05, 0.1) is 34.2 Å². The average Bonchev–Trinajstić information content (AvgIpc) is 3.09. The number of carbonyl (C=O) groups is 1. The number of phenolic OH excluding ortho intramolecular Hbond substituents is 1. The number of benzene rings is 4. The summed E-state index contributed by atoms with van der Waals surface area (Å²) < 4.78 is 98.1. The van der Waals surface area contributed by atoms with Gasteiger partial charge in [-0.15, -0.1) is 14.6 Å². The second-order valence-electron chi connectivity index (χ2n) is 10.9. The molecule has 0 spiro atoms. The topological polar surface area (TPSA) is 328 Å². The average molecular weight is 873 g/mol. The lowest BCUT2D eigenvalue weighted by Crippen LogP contribution is -2.15. The summed E-state index contributed by atoms with van der Waals surface area (Å²) in [7, 11) is -13.7. The number of rotatable bonds is 16. The fourth-order valence-electron chi connectivity index (χ4n) is 4.67. The van der Waals surface area contributed by atoms with Gasteiger partial charge in [-0.05, 0) is 83.7 Å². The fourth-order valence-corrected chi connectivity index (χ4v) is 7.42. The summed E-state index contributed by atoms with van der Waals surface area (Å²) in [4.78, 5) is 22.8. The number of hydrogen-bond acceptors (Lipinski definition) is 20. The van der Waals surface area contributed by atoms with Gasteiger partial charge >= 0.3 is 10.4 Å². The van der Waals surface area contributed by atoms with Crippen molar-refractivity contribution in [2.24, 2.45) is 10.2 Å². The maximum absolute atomic E-state index is 12.5. The van der Waals surface area contributed by atoms with Crippen LogP contribution in [0.25, 0.3) is 10.8 Å². The lowest BCUT2D eigenvalue weighted by Gasteiger charge is -2.11. The lowest BCUT2D eigenvalue weighted by molar-refractivity contribution is -0.432. The molecule has 1 amide bonds. The van der Waals surface area contributed by atoms with Gasteiger partial charge in [0.1, 0.15) is 16.3 Å². The number of anilines is 5.